The molecule has 0 saturated carbocycles. The summed E-state index contributed by atoms with van der Waals surface area (Å²) in [7, 11) is -2.70. The van der Waals surface area contributed by atoms with E-state index in [0.29, 0.717) is 28.8 Å². The van der Waals surface area contributed by atoms with Crippen molar-refractivity contribution in [2.24, 2.45) is 0 Å². The van der Waals surface area contributed by atoms with Crippen LogP contribution in [0.1, 0.15) is 5.56 Å². The fourth-order valence-corrected chi connectivity index (χ4v) is 3.39. The lowest BCUT2D eigenvalue weighted by Gasteiger charge is -2.09. The summed E-state index contributed by atoms with van der Waals surface area (Å²) in [5.74, 6) is 2.53. The van der Waals surface area contributed by atoms with E-state index in [0.717, 1.165) is 16.6 Å². The molecule has 25 heavy (non-hydrogen) atoms. The van der Waals surface area contributed by atoms with Crippen LogP contribution < -0.4 is 5.32 Å². The Bertz CT molecular complexity index is 1060. The van der Waals surface area contributed by atoms with Crippen LogP contribution >= 0.6 is 11.6 Å². The van der Waals surface area contributed by atoms with Crippen LogP contribution in [-0.4, -0.2) is 25.2 Å². The van der Waals surface area contributed by atoms with Gasteiger partial charge < -0.3 is 5.32 Å². The second-order valence-corrected chi connectivity index (χ2v) is 8.07. The predicted molar refractivity (Wildman–Crippen MR) is 100 cm³/mol. The predicted octanol–water partition coefficient (Wildman–Crippen LogP) is 3.37. The van der Waals surface area contributed by atoms with Crippen LogP contribution in [0.2, 0.25) is 5.15 Å². The normalized spacial score (nSPS) is 13.3. The zero-order valence-corrected chi connectivity index (χ0v) is 15.1. The Morgan fingerprint density at radius 2 is 2.08 bits per heavy atom. The maximum Gasteiger partial charge on any atom is 0.162 e. The van der Waals surface area contributed by atoms with Gasteiger partial charge in [0.05, 0.1) is 20.8 Å². The zero-order chi connectivity index (χ0) is 18.0. The van der Waals surface area contributed by atoms with E-state index in [4.69, 9.17) is 22.8 Å². The molecule has 0 radical (unpaired) electrons. The van der Waals surface area contributed by atoms with Crippen molar-refractivity contribution < 1.29 is 4.21 Å². The van der Waals surface area contributed by atoms with Crippen molar-refractivity contribution in [3.8, 4) is 12.3 Å². The Morgan fingerprint density at radius 3 is 2.72 bits per heavy atom. The van der Waals surface area contributed by atoms with Crippen molar-refractivity contribution in [2.75, 3.05) is 11.6 Å². The summed E-state index contributed by atoms with van der Waals surface area (Å²) in [6, 6.07) is 8.95. The molecule has 1 atom stereocenters. The van der Waals surface area contributed by atoms with Gasteiger partial charge in [-0.3, -0.25) is 0 Å². The number of halogens is 1. The fourth-order valence-electron chi connectivity index (χ4n) is 2.46. The molecule has 0 saturated heterocycles. The Morgan fingerprint density at radius 1 is 1.36 bits per heavy atom. The number of aromatic nitrogens is 3. The number of rotatable bonds is 5. The number of hydrogen-bond acceptors (Lipinski definition) is 5. The molecule has 0 spiro atoms. The topological polar surface area (TPSA) is 83.7 Å². The summed E-state index contributed by atoms with van der Waals surface area (Å²) < 4.78 is 20.9. The van der Waals surface area contributed by atoms with Gasteiger partial charge in [-0.15, -0.1) is 6.42 Å². The van der Waals surface area contributed by atoms with Crippen molar-refractivity contribution in [1.29, 1.82) is 4.78 Å². The average molecular weight is 374 g/mol. The summed E-state index contributed by atoms with van der Waals surface area (Å²) in [6.45, 7) is 0.837. The third kappa shape index (κ3) is 3.60. The van der Waals surface area contributed by atoms with Gasteiger partial charge in [-0.2, -0.15) is 5.10 Å². The number of nitrogens with zero attached hydrogens (tertiary/aromatic N) is 3. The van der Waals surface area contributed by atoms with Crippen LogP contribution in [0.4, 0.5) is 5.69 Å². The average Bonchev–Trinajstić information content (AvgIpc) is 2.90. The molecular weight excluding hydrogens is 358 g/mol. The molecule has 1 aromatic carbocycles. The quantitative estimate of drug-likeness (QED) is 0.671. The van der Waals surface area contributed by atoms with Gasteiger partial charge in [0.25, 0.3) is 0 Å². The van der Waals surface area contributed by atoms with E-state index in [1.165, 1.54) is 6.26 Å². The number of benzene rings is 1. The molecule has 8 heteroatoms. The van der Waals surface area contributed by atoms with Crippen molar-refractivity contribution >= 4 is 38.1 Å². The van der Waals surface area contributed by atoms with Crippen LogP contribution in [0, 0.1) is 17.1 Å². The fraction of sp³-hybridized carbons (Fsp3) is 0.176. The first-order chi connectivity index (χ1) is 11.9. The first-order valence-electron chi connectivity index (χ1n) is 7.41. The summed E-state index contributed by atoms with van der Waals surface area (Å²) in [6.07, 6.45) is 8.42. The molecule has 0 aliphatic rings. The summed E-state index contributed by atoms with van der Waals surface area (Å²) in [4.78, 5) is 4.82. The number of nitrogens with one attached hydrogen (secondary N) is 2. The van der Waals surface area contributed by atoms with E-state index in [9.17, 15) is 4.21 Å². The van der Waals surface area contributed by atoms with E-state index in [1.54, 1.807) is 23.0 Å². The van der Waals surface area contributed by atoms with E-state index in [2.05, 4.69) is 21.3 Å². The molecule has 2 N–H and O–H groups in total. The second kappa shape index (κ2) is 6.75. The van der Waals surface area contributed by atoms with E-state index in [1.807, 2.05) is 18.2 Å². The summed E-state index contributed by atoms with van der Waals surface area (Å²) >= 11 is 6.24. The molecule has 0 fully saturated rings. The third-order valence-corrected chi connectivity index (χ3v) is 5.12. The van der Waals surface area contributed by atoms with Crippen molar-refractivity contribution in [2.45, 2.75) is 18.0 Å². The molecule has 0 bridgehead atoms. The van der Waals surface area contributed by atoms with E-state index in [-0.39, 0.29) is 0 Å². The smallest absolute Gasteiger partial charge is 0.162 e. The lowest BCUT2D eigenvalue weighted by Crippen LogP contribution is -2.02. The van der Waals surface area contributed by atoms with Crippen LogP contribution in [0.15, 0.2) is 41.4 Å². The Balaban J connectivity index is 1.85. The lowest BCUT2D eigenvalue weighted by atomic mass is 10.2. The summed E-state index contributed by atoms with van der Waals surface area (Å²) in [5, 5.41) is 8.59. The van der Waals surface area contributed by atoms with Gasteiger partial charge >= 0.3 is 0 Å². The molecule has 3 rings (SSSR count). The molecule has 0 aliphatic carbocycles. The van der Waals surface area contributed by atoms with Gasteiger partial charge in [-0.05, 0) is 23.8 Å². The molecular formula is C17H16ClN5OS. The highest BCUT2D eigenvalue weighted by molar-refractivity contribution is 7.91. The van der Waals surface area contributed by atoms with Crippen LogP contribution in [0.25, 0.3) is 11.0 Å². The SMILES string of the molecule is C#CCn1nc(Cl)c2c(NCc3ccc(S(C)(=N)=O)cc3)ccnc21. The van der Waals surface area contributed by atoms with E-state index >= 15 is 0 Å². The van der Waals surface area contributed by atoms with Gasteiger partial charge in [-0.1, -0.05) is 29.7 Å². The first kappa shape index (κ1) is 17.3. The maximum atomic E-state index is 11.7. The zero-order valence-electron chi connectivity index (χ0n) is 13.5. The minimum Gasteiger partial charge on any atom is -0.380 e. The van der Waals surface area contributed by atoms with Gasteiger partial charge in [-0.25, -0.2) is 18.7 Å². The molecule has 128 valence electrons. The summed E-state index contributed by atoms with van der Waals surface area (Å²) in [5.41, 5.74) is 2.43. The standard InChI is InChI=1S/C17H16ClN5OS/c1-3-10-23-17-15(16(18)22-23)14(8-9-20-17)21-11-12-4-6-13(7-5-12)25(2,19)24/h1,4-9,19H,10-11H2,2H3,(H,20,21). The van der Waals surface area contributed by atoms with Crippen LogP contribution in [0.5, 0.6) is 0 Å². The number of anilines is 1. The van der Waals surface area contributed by atoms with Gasteiger partial charge in [0, 0.05) is 23.9 Å². The monoisotopic (exact) mass is 373 g/mol. The largest absolute Gasteiger partial charge is 0.380 e. The Hall–Kier alpha value is -2.56. The highest BCUT2D eigenvalue weighted by atomic mass is 35.5. The van der Waals surface area contributed by atoms with Gasteiger partial charge in [0.15, 0.2) is 10.8 Å². The lowest BCUT2D eigenvalue weighted by molar-refractivity contribution is 0.679. The van der Waals surface area contributed by atoms with Crippen molar-refractivity contribution in [3.05, 3.63) is 47.2 Å². The minimum atomic E-state index is -2.70. The van der Waals surface area contributed by atoms with Crippen molar-refractivity contribution in [1.82, 2.24) is 14.8 Å². The number of hydrogen-bond donors (Lipinski definition) is 2. The second-order valence-electron chi connectivity index (χ2n) is 5.55. The molecule has 0 aliphatic heterocycles. The van der Waals surface area contributed by atoms with Crippen molar-refractivity contribution in [3.63, 3.8) is 0 Å². The number of terminal acetylenes is 1. The molecule has 0 amide bonds. The number of fused-ring (bicyclic) bond motifs is 1. The van der Waals surface area contributed by atoms with E-state index < -0.39 is 9.73 Å². The first-order valence-corrected chi connectivity index (χ1v) is 9.75. The minimum absolute atomic E-state index is 0.296. The van der Waals surface area contributed by atoms with Crippen LogP contribution in [0.3, 0.4) is 0 Å². The Labute approximate surface area is 151 Å². The Kier molecular flexibility index (Phi) is 4.66. The highest BCUT2D eigenvalue weighted by Crippen LogP contribution is 2.29. The van der Waals surface area contributed by atoms with Crippen LogP contribution in [-0.2, 0) is 22.8 Å². The highest BCUT2D eigenvalue weighted by Gasteiger charge is 2.13. The van der Waals surface area contributed by atoms with Gasteiger partial charge in [0.2, 0.25) is 0 Å². The maximum absolute atomic E-state index is 11.7. The third-order valence-electron chi connectivity index (χ3n) is 3.69. The molecule has 1 unspecified atom stereocenters. The molecule has 2 aromatic heterocycles. The van der Waals surface area contributed by atoms with Gasteiger partial charge in [0.1, 0.15) is 6.54 Å². The molecule has 3 aromatic rings. The number of pyridine rings is 1. The molecule has 6 nitrogen and oxygen atoms in total. The molecule has 2 heterocycles.